The minimum Gasteiger partial charge on any atom is -0.476 e. The molecular formula is C19H26N6O3. The van der Waals surface area contributed by atoms with Crippen molar-refractivity contribution >= 4 is 17.3 Å². The number of hydrogen-bond acceptors (Lipinski definition) is 7. The molecule has 3 rings (SSSR count). The minimum absolute atomic E-state index is 0.313. The predicted molar refractivity (Wildman–Crippen MR) is 106 cm³/mol. The summed E-state index contributed by atoms with van der Waals surface area (Å²) in [5.41, 5.74) is 3.26. The molecule has 0 aliphatic heterocycles. The Morgan fingerprint density at radius 3 is 2.96 bits per heavy atom. The summed E-state index contributed by atoms with van der Waals surface area (Å²) in [6.07, 6.45) is 5.18. The number of nitrogens with one attached hydrogen (secondary N) is 3. The lowest BCUT2D eigenvalue weighted by molar-refractivity contribution is 0.102. The molecule has 0 saturated heterocycles. The number of carbonyl (C=O) groups is 1. The first-order valence-corrected chi connectivity index (χ1v) is 9.51. The van der Waals surface area contributed by atoms with Crippen LogP contribution in [0, 0.1) is 0 Å². The standard InChI is InChI=1S/C19H26N6O3/c1-3-9-20-10-11-28-16-8-7-13(12-21-16)22-19(26)18-17-14(23-24-18)5-4-6-15(17)25-27-2/h7-8,12,20H,3-6,9-11H2,1-2H3,(H,22,26)(H,23,24). The number of fused-ring (bicyclic) bond motifs is 1. The Hall–Kier alpha value is -2.94. The predicted octanol–water partition coefficient (Wildman–Crippen LogP) is 2.12. The Morgan fingerprint density at radius 1 is 1.32 bits per heavy atom. The topological polar surface area (TPSA) is 114 Å². The molecule has 0 atom stereocenters. The van der Waals surface area contributed by atoms with E-state index in [1.165, 1.54) is 7.11 Å². The van der Waals surface area contributed by atoms with E-state index in [0.29, 0.717) is 23.9 Å². The summed E-state index contributed by atoms with van der Waals surface area (Å²) in [7, 11) is 1.50. The zero-order valence-corrected chi connectivity index (χ0v) is 16.2. The van der Waals surface area contributed by atoms with Gasteiger partial charge in [0.05, 0.1) is 23.2 Å². The second-order valence-electron chi connectivity index (χ2n) is 6.44. The summed E-state index contributed by atoms with van der Waals surface area (Å²) in [6.45, 7) is 4.39. The monoisotopic (exact) mass is 386 g/mol. The fourth-order valence-corrected chi connectivity index (χ4v) is 3.05. The third-order valence-corrected chi connectivity index (χ3v) is 4.34. The van der Waals surface area contributed by atoms with Crippen LogP contribution in [0.15, 0.2) is 23.5 Å². The number of rotatable bonds is 9. The number of aromatic nitrogens is 3. The summed E-state index contributed by atoms with van der Waals surface area (Å²) in [5.74, 6) is 0.199. The van der Waals surface area contributed by atoms with E-state index in [4.69, 9.17) is 9.57 Å². The number of ether oxygens (including phenoxy) is 1. The van der Waals surface area contributed by atoms with E-state index < -0.39 is 0 Å². The van der Waals surface area contributed by atoms with E-state index in [0.717, 1.165) is 55.7 Å². The van der Waals surface area contributed by atoms with Crippen molar-refractivity contribution in [1.29, 1.82) is 0 Å². The maximum absolute atomic E-state index is 12.7. The Bertz CT molecular complexity index is 816. The summed E-state index contributed by atoms with van der Waals surface area (Å²) >= 11 is 0. The third kappa shape index (κ3) is 4.86. The van der Waals surface area contributed by atoms with Gasteiger partial charge in [-0.3, -0.25) is 9.89 Å². The van der Waals surface area contributed by atoms with E-state index >= 15 is 0 Å². The number of aromatic amines is 1. The van der Waals surface area contributed by atoms with Gasteiger partial charge in [0.1, 0.15) is 13.7 Å². The second-order valence-corrected chi connectivity index (χ2v) is 6.44. The Labute approximate surface area is 163 Å². The number of hydrogen-bond donors (Lipinski definition) is 3. The molecule has 3 N–H and O–H groups in total. The molecule has 28 heavy (non-hydrogen) atoms. The number of aryl methyl sites for hydroxylation is 1. The largest absolute Gasteiger partial charge is 0.476 e. The molecule has 2 aromatic heterocycles. The van der Waals surface area contributed by atoms with Crippen molar-refractivity contribution in [2.75, 3.05) is 32.1 Å². The van der Waals surface area contributed by atoms with Crippen molar-refractivity contribution < 1.29 is 14.4 Å². The highest BCUT2D eigenvalue weighted by Crippen LogP contribution is 2.24. The average molecular weight is 386 g/mol. The van der Waals surface area contributed by atoms with Crippen molar-refractivity contribution in [3.8, 4) is 5.88 Å². The summed E-state index contributed by atoms with van der Waals surface area (Å²) in [6, 6.07) is 3.48. The summed E-state index contributed by atoms with van der Waals surface area (Å²) < 4.78 is 5.57. The first kappa shape index (κ1) is 19.8. The molecular weight excluding hydrogens is 360 g/mol. The molecule has 2 heterocycles. The van der Waals surface area contributed by atoms with Crippen LogP contribution < -0.4 is 15.4 Å². The first-order chi connectivity index (χ1) is 13.7. The maximum Gasteiger partial charge on any atom is 0.276 e. The number of H-pyrrole nitrogens is 1. The molecule has 1 aliphatic carbocycles. The molecule has 0 aromatic carbocycles. The molecule has 1 aliphatic rings. The molecule has 0 radical (unpaired) electrons. The van der Waals surface area contributed by atoms with Crippen molar-refractivity contribution in [3.63, 3.8) is 0 Å². The van der Waals surface area contributed by atoms with E-state index in [1.54, 1.807) is 18.3 Å². The summed E-state index contributed by atoms with van der Waals surface area (Å²) in [5, 5.41) is 17.2. The van der Waals surface area contributed by atoms with Crippen LogP contribution in [-0.2, 0) is 11.3 Å². The fourth-order valence-electron chi connectivity index (χ4n) is 3.05. The highest BCUT2D eigenvalue weighted by molar-refractivity contribution is 6.13. The molecule has 0 saturated carbocycles. The Balaban J connectivity index is 1.61. The molecule has 0 bridgehead atoms. The van der Waals surface area contributed by atoms with Gasteiger partial charge in [-0.2, -0.15) is 5.10 Å². The van der Waals surface area contributed by atoms with Crippen molar-refractivity contribution in [2.45, 2.75) is 32.6 Å². The molecule has 1 amide bonds. The van der Waals surface area contributed by atoms with E-state index in [1.807, 2.05) is 0 Å². The van der Waals surface area contributed by atoms with Gasteiger partial charge in [-0.1, -0.05) is 12.1 Å². The Kier molecular flexibility index (Phi) is 6.96. The highest BCUT2D eigenvalue weighted by atomic mass is 16.6. The van der Waals surface area contributed by atoms with Crippen molar-refractivity contribution in [1.82, 2.24) is 20.5 Å². The third-order valence-electron chi connectivity index (χ3n) is 4.34. The van der Waals surface area contributed by atoms with Gasteiger partial charge in [-0.05, 0) is 38.3 Å². The van der Waals surface area contributed by atoms with Crippen LogP contribution in [0.5, 0.6) is 5.88 Å². The SMILES string of the molecule is CCCNCCOc1ccc(NC(=O)c2n[nH]c3c2C(=NOC)CCC3)cn1. The van der Waals surface area contributed by atoms with Gasteiger partial charge in [0.25, 0.3) is 5.91 Å². The number of pyridine rings is 1. The fraction of sp³-hybridized carbons (Fsp3) is 0.474. The zero-order chi connectivity index (χ0) is 19.8. The zero-order valence-electron chi connectivity index (χ0n) is 16.2. The normalized spacial score (nSPS) is 14.6. The molecule has 0 unspecified atom stereocenters. The van der Waals surface area contributed by atoms with Crippen LogP contribution in [0.25, 0.3) is 0 Å². The van der Waals surface area contributed by atoms with Gasteiger partial charge in [0, 0.05) is 18.3 Å². The van der Waals surface area contributed by atoms with E-state index in [-0.39, 0.29) is 5.91 Å². The molecule has 9 nitrogen and oxygen atoms in total. The molecule has 0 fully saturated rings. The summed E-state index contributed by atoms with van der Waals surface area (Å²) in [4.78, 5) is 21.8. The number of amides is 1. The van der Waals surface area contributed by atoms with Crippen LogP contribution >= 0.6 is 0 Å². The molecule has 2 aromatic rings. The number of oxime groups is 1. The van der Waals surface area contributed by atoms with E-state index in [9.17, 15) is 4.79 Å². The average Bonchev–Trinajstić information content (AvgIpc) is 3.15. The maximum atomic E-state index is 12.7. The van der Waals surface area contributed by atoms with Gasteiger partial charge in [-0.15, -0.1) is 0 Å². The van der Waals surface area contributed by atoms with Gasteiger partial charge in [-0.25, -0.2) is 4.98 Å². The molecule has 150 valence electrons. The van der Waals surface area contributed by atoms with Crippen LogP contribution in [0.2, 0.25) is 0 Å². The van der Waals surface area contributed by atoms with Gasteiger partial charge < -0.3 is 20.2 Å². The van der Waals surface area contributed by atoms with E-state index in [2.05, 4.69) is 37.9 Å². The van der Waals surface area contributed by atoms with Crippen LogP contribution in [0.1, 0.15) is 47.9 Å². The van der Waals surface area contributed by atoms with Crippen molar-refractivity contribution in [3.05, 3.63) is 35.3 Å². The number of nitrogens with zero attached hydrogens (tertiary/aromatic N) is 3. The van der Waals surface area contributed by atoms with Gasteiger partial charge in [0.2, 0.25) is 5.88 Å². The molecule has 9 heteroatoms. The van der Waals surface area contributed by atoms with Crippen LogP contribution in [-0.4, -0.2) is 53.6 Å². The molecule has 0 spiro atoms. The number of carbonyl (C=O) groups excluding carboxylic acids is 1. The lowest BCUT2D eigenvalue weighted by Crippen LogP contribution is -2.21. The highest BCUT2D eigenvalue weighted by Gasteiger charge is 2.27. The van der Waals surface area contributed by atoms with Crippen LogP contribution in [0.3, 0.4) is 0 Å². The number of anilines is 1. The van der Waals surface area contributed by atoms with Crippen LogP contribution in [0.4, 0.5) is 5.69 Å². The lowest BCUT2D eigenvalue weighted by atomic mass is 9.93. The minimum atomic E-state index is -0.317. The second kappa shape index (κ2) is 9.84. The smallest absolute Gasteiger partial charge is 0.276 e. The first-order valence-electron chi connectivity index (χ1n) is 9.51. The lowest BCUT2D eigenvalue weighted by Gasteiger charge is -2.13. The van der Waals surface area contributed by atoms with Crippen molar-refractivity contribution in [2.24, 2.45) is 5.16 Å². The van der Waals surface area contributed by atoms with Gasteiger partial charge in [0.15, 0.2) is 5.69 Å². The Morgan fingerprint density at radius 2 is 2.21 bits per heavy atom. The van der Waals surface area contributed by atoms with Gasteiger partial charge >= 0.3 is 0 Å². The quantitative estimate of drug-likeness (QED) is 0.449.